The number of aromatic nitrogens is 1. The SMILES string of the molecule is CCN(C)S(=O)(=O)Nc1ccc(F)c(C(=O)C2=CC(C(c3ccccc3)(c3ccccc3)c3ccccc3)c3ncc(-c4ccc(N5CCN(C(=O)OC(C)(C)C)CC5)cc4F)cc32)c1F. The number of carbonyl (C=O) groups is 2. The Hall–Kier alpha value is -6.77. The summed E-state index contributed by atoms with van der Waals surface area (Å²) in [4.78, 5) is 36.3. The van der Waals surface area contributed by atoms with Crippen LogP contribution in [-0.2, 0) is 20.4 Å². The first kappa shape index (κ1) is 45.8. The maximum absolute atomic E-state index is 16.6. The molecule has 1 aliphatic heterocycles. The summed E-state index contributed by atoms with van der Waals surface area (Å²) in [6.07, 6.45) is 2.81. The van der Waals surface area contributed by atoms with Crippen LogP contribution in [0.2, 0.25) is 0 Å². The van der Waals surface area contributed by atoms with E-state index in [0.29, 0.717) is 43.1 Å². The number of nitrogens with zero attached hydrogens (tertiary/aromatic N) is 4. The number of anilines is 2. The molecule has 1 aromatic heterocycles. The number of carbonyl (C=O) groups excluding carboxylic acids is 2. The number of hydrogen-bond donors (Lipinski definition) is 1. The number of benzene rings is 5. The van der Waals surface area contributed by atoms with Crippen LogP contribution in [0, 0.1) is 17.5 Å². The van der Waals surface area contributed by atoms with Crippen molar-refractivity contribution in [2.45, 2.75) is 44.6 Å². The van der Waals surface area contributed by atoms with E-state index in [0.717, 1.165) is 33.1 Å². The standard InChI is InChI=1S/C52H50F3N5O5S/c1-6-58(5)66(63,64)57-45-25-24-43(53)46(47(45)55)49(61)41-32-42(52(35-16-10-7-11-17-35,36-18-12-8-13-19-36)37-20-14-9-15-21-37)48-40(41)30-34(33-56-48)39-23-22-38(31-44(39)54)59-26-28-60(29-27-59)50(62)65-51(2,3)4/h7-25,30-33,42,57H,6,26-29H2,1-5H3. The highest BCUT2D eigenvalue weighted by atomic mass is 32.2. The third-order valence-electron chi connectivity index (χ3n) is 12.2. The molecule has 8 rings (SSSR count). The van der Waals surface area contributed by atoms with Crippen molar-refractivity contribution in [3.8, 4) is 11.1 Å². The van der Waals surface area contributed by atoms with Gasteiger partial charge in [0.05, 0.1) is 22.4 Å². The quantitative estimate of drug-likeness (QED) is 0.0961. The van der Waals surface area contributed by atoms with Gasteiger partial charge in [-0.1, -0.05) is 104 Å². The van der Waals surface area contributed by atoms with Gasteiger partial charge < -0.3 is 14.5 Å². The summed E-state index contributed by atoms with van der Waals surface area (Å²) in [6.45, 7) is 8.76. The van der Waals surface area contributed by atoms with Gasteiger partial charge in [0.1, 0.15) is 17.2 Å². The van der Waals surface area contributed by atoms with Crippen LogP contribution in [0.1, 0.15) is 71.9 Å². The van der Waals surface area contributed by atoms with Gasteiger partial charge in [-0.2, -0.15) is 12.7 Å². The molecule has 0 spiro atoms. The van der Waals surface area contributed by atoms with Gasteiger partial charge >= 0.3 is 16.3 Å². The number of rotatable bonds is 12. The Morgan fingerprint density at radius 3 is 1.88 bits per heavy atom. The first-order chi connectivity index (χ1) is 31.5. The number of pyridine rings is 1. The van der Waals surface area contributed by atoms with Crippen molar-refractivity contribution in [3.63, 3.8) is 0 Å². The summed E-state index contributed by atoms with van der Waals surface area (Å²) < 4.78 is 83.8. The Morgan fingerprint density at radius 1 is 0.773 bits per heavy atom. The minimum Gasteiger partial charge on any atom is -0.444 e. The number of Topliss-reactive ketones (excluding diaryl/α,β-unsaturated/α-hetero) is 1. The van der Waals surface area contributed by atoms with Crippen molar-refractivity contribution in [2.75, 3.05) is 49.4 Å². The number of fused-ring (bicyclic) bond motifs is 1. The number of halogens is 3. The molecule has 1 saturated heterocycles. The monoisotopic (exact) mass is 913 g/mol. The number of hydrogen-bond acceptors (Lipinski definition) is 7. The van der Waals surface area contributed by atoms with E-state index >= 15 is 18.0 Å². The highest BCUT2D eigenvalue weighted by Crippen LogP contribution is 2.55. The van der Waals surface area contributed by atoms with E-state index in [2.05, 4.69) is 4.72 Å². The number of piperazine rings is 1. The second-order valence-electron chi connectivity index (χ2n) is 17.4. The van der Waals surface area contributed by atoms with E-state index in [-0.39, 0.29) is 23.2 Å². The van der Waals surface area contributed by atoms with Gasteiger partial charge in [0.2, 0.25) is 0 Å². The zero-order chi connectivity index (χ0) is 47.0. The molecule has 10 nitrogen and oxygen atoms in total. The second-order valence-corrected chi connectivity index (χ2v) is 19.2. The van der Waals surface area contributed by atoms with Gasteiger partial charge in [0, 0.05) is 79.8 Å². The molecule has 0 bridgehead atoms. The molecule has 340 valence electrons. The molecule has 14 heteroatoms. The minimum atomic E-state index is -4.27. The van der Waals surface area contributed by atoms with Gasteiger partial charge in [0.25, 0.3) is 0 Å². The summed E-state index contributed by atoms with van der Waals surface area (Å²) in [5, 5.41) is 0. The third-order valence-corrected chi connectivity index (χ3v) is 13.8. The van der Waals surface area contributed by atoms with Crippen LogP contribution in [0.25, 0.3) is 16.7 Å². The predicted octanol–water partition coefficient (Wildman–Crippen LogP) is 10.2. The normalized spacial score (nSPS) is 15.3. The zero-order valence-electron chi connectivity index (χ0n) is 37.3. The smallest absolute Gasteiger partial charge is 0.410 e. The van der Waals surface area contributed by atoms with Crippen molar-refractivity contribution >= 4 is 39.0 Å². The maximum atomic E-state index is 16.6. The highest BCUT2D eigenvalue weighted by Gasteiger charge is 2.48. The summed E-state index contributed by atoms with van der Waals surface area (Å²) >= 11 is 0. The predicted molar refractivity (Wildman–Crippen MR) is 251 cm³/mol. The van der Waals surface area contributed by atoms with Gasteiger partial charge in [-0.05, 0) is 73.9 Å². The first-order valence-electron chi connectivity index (χ1n) is 21.7. The van der Waals surface area contributed by atoms with Crippen LogP contribution < -0.4 is 9.62 Å². The van der Waals surface area contributed by atoms with E-state index in [1.165, 1.54) is 19.3 Å². The fourth-order valence-electron chi connectivity index (χ4n) is 8.86. The largest absolute Gasteiger partial charge is 0.444 e. The van der Waals surface area contributed by atoms with Crippen LogP contribution in [0.3, 0.4) is 0 Å². The Morgan fingerprint density at radius 2 is 1.35 bits per heavy atom. The van der Waals surface area contributed by atoms with Gasteiger partial charge in [-0.3, -0.25) is 14.5 Å². The van der Waals surface area contributed by atoms with Crippen LogP contribution in [0.5, 0.6) is 0 Å². The molecular weight excluding hydrogens is 864 g/mol. The van der Waals surface area contributed by atoms with E-state index in [1.54, 1.807) is 36.1 Å². The second kappa shape index (κ2) is 18.2. The van der Waals surface area contributed by atoms with Crippen molar-refractivity contribution < 1.29 is 35.9 Å². The third kappa shape index (κ3) is 8.70. The van der Waals surface area contributed by atoms with Crippen LogP contribution in [-0.4, -0.2) is 79.9 Å². The average molecular weight is 914 g/mol. The van der Waals surface area contributed by atoms with Crippen LogP contribution in [0.4, 0.5) is 29.3 Å². The zero-order valence-corrected chi connectivity index (χ0v) is 38.1. The van der Waals surface area contributed by atoms with E-state index in [9.17, 15) is 13.2 Å². The van der Waals surface area contributed by atoms with Gasteiger partial charge in [-0.15, -0.1) is 0 Å². The lowest BCUT2D eigenvalue weighted by molar-refractivity contribution is 0.0240. The fourth-order valence-corrected chi connectivity index (χ4v) is 9.79. The molecule has 2 heterocycles. The number of allylic oxidation sites excluding steroid dienone is 2. The Bertz CT molecular complexity index is 2830. The molecule has 1 unspecified atom stereocenters. The number of ether oxygens (including phenoxy) is 1. The summed E-state index contributed by atoms with van der Waals surface area (Å²) in [5.41, 5.74) is 0.868. The van der Waals surface area contributed by atoms with E-state index in [1.807, 2.05) is 117 Å². The molecule has 0 saturated carbocycles. The molecule has 66 heavy (non-hydrogen) atoms. The Labute approximate surface area is 383 Å². The summed E-state index contributed by atoms with van der Waals surface area (Å²) in [5.74, 6) is -4.99. The molecule has 1 N–H and O–H groups in total. The lowest BCUT2D eigenvalue weighted by Crippen LogP contribution is -2.50. The fraction of sp³-hybridized carbons (Fsp3) is 0.250. The maximum Gasteiger partial charge on any atom is 0.410 e. The minimum absolute atomic E-state index is 0.0620. The van der Waals surface area contributed by atoms with Crippen molar-refractivity contribution in [1.82, 2.24) is 14.2 Å². The molecule has 2 aliphatic rings. The molecule has 5 aromatic carbocycles. The summed E-state index contributed by atoms with van der Waals surface area (Å²) in [7, 11) is -2.97. The Kier molecular flexibility index (Phi) is 12.7. The lowest BCUT2D eigenvalue weighted by atomic mass is 9.61. The molecule has 1 aliphatic carbocycles. The molecule has 1 atom stereocenters. The lowest BCUT2D eigenvalue weighted by Gasteiger charge is -2.40. The molecule has 1 amide bonds. The molecule has 0 radical (unpaired) electrons. The number of amides is 1. The van der Waals surface area contributed by atoms with Crippen molar-refractivity contribution in [1.29, 1.82) is 0 Å². The molecule has 1 fully saturated rings. The van der Waals surface area contributed by atoms with E-state index in [4.69, 9.17) is 9.72 Å². The topological polar surface area (TPSA) is 112 Å². The number of nitrogens with one attached hydrogen (secondary N) is 1. The Balaban J connectivity index is 1.26. The average Bonchev–Trinajstić information content (AvgIpc) is 3.69. The van der Waals surface area contributed by atoms with Gasteiger partial charge in [-0.25, -0.2) is 18.0 Å². The van der Waals surface area contributed by atoms with Gasteiger partial charge in [0.15, 0.2) is 11.6 Å². The molecular formula is C52H50F3N5O5S. The van der Waals surface area contributed by atoms with Crippen molar-refractivity contribution in [2.24, 2.45) is 0 Å². The highest BCUT2D eigenvalue weighted by molar-refractivity contribution is 7.90. The van der Waals surface area contributed by atoms with Crippen LogP contribution >= 0.6 is 0 Å². The van der Waals surface area contributed by atoms with Crippen LogP contribution in [0.15, 0.2) is 140 Å². The van der Waals surface area contributed by atoms with Crippen molar-refractivity contribution in [3.05, 3.63) is 191 Å². The molecule has 6 aromatic rings. The summed E-state index contributed by atoms with van der Waals surface area (Å²) in [6, 6.07) is 37.3. The van der Waals surface area contributed by atoms with E-state index < -0.39 is 67.7 Å². The first-order valence-corrected chi connectivity index (χ1v) is 23.2. The number of ketones is 1.